The highest BCUT2D eigenvalue weighted by Crippen LogP contribution is 2.56. The Morgan fingerprint density at radius 3 is 2.48 bits per heavy atom. The Labute approximate surface area is 192 Å². The Morgan fingerprint density at radius 2 is 1.84 bits per heavy atom. The molecule has 2 aliphatic rings. The summed E-state index contributed by atoms with van der Waals surface area (Å²) in [5, 5.41) is 4.43. The Kier molecular flexibility index (Phi) is 6.18. The fourth-order valence-electron chi connectivity index (χ4n) is 5.55. The average Bonchev–Trinajstić information content (AvgIpc) is 3.02. The van der Waals surface area contributed by atoms with Crippen molar-refractivity contribution in [1.82, 2.24) is 5.32 Å². The van der Waals surface area contributed by atoms with Crippen molar-refractivity contribution in [2.45, 2.75) is 38.1 Å². The molecule has 3 N–H and O–H groups in total. The molecule has 7 heteroatoms. The highest BCUT2D eigenvalue weighted by atomic mass is 35.5. The van der Waals surface area contributed by atoms with Gasteiger partial charge in [0.1, 0.15) is 5.75 Å². The molecule has 6 atom stereocenters. The SMILES string of the molecule is C[C@@H]1C[C@@H](c2ccc(OCC(N)=O)cc2Cl)[C@H](c2ccc(Cl)cc2)[C@H]2[C@@H]1C(=O)N[C@@H]2C. The third-order valence-electron chi connectivity index (χ3n) is 6.76. The van der Waals surface area contributed by atoms with Crippen LogP contribution in [0.3, 0.4) is 0 Å². The average molecular weight is 461 g/mol. The Morgan fingerprint density at radius 1 is 1.13 bits per heavy atom. The van der Waals surface area contributed by atoms with Crippen molar-refractivity contribution in [3.05, 3.63) is 63.6 Å². The van der Waals surface area contributed by atoms with Crippen LogP contribution in [0.15, 0.2) is 42.5 Å². The van der Waals surface area contributed by atoms with Crippen LogP contribution in [0, 0.1) is 17.8 Å². The summed E-state index contributed by atoms with van der Waals surface area (Å²) in [6.45, 7) is 4.04. The van der Waals surface area contributed by atoms with Gasteiger partial charge >= 0.3 is 0 Å². The maximum absolute atomic E-state index is 12.7. The van der Waals surface area contributed by atoms with E-state index in [9.17, 15) is 9.59 Å². The third-order valence-corrected chi connectivity index (χ3v) is 7.34. The van der Waals surface area contributed by atoms with Gasteiger partial charge in [0.2, 0.25) is 5.91 Å². The fraction of sp³-hybridized carbons (Fsp3) is 0.417. The Balaban J connectivity index is 1.75. The summed E-state index contributed by atoms with van der Waals surface area (Å²) in [6.07, 6.45) is 0.843. The number of nitrogens with two attached hydrogens (primary N) is 1. The predicted molar refractivity (Wildman–Crippen MR) is 121 cm³/mol. The molecule has 1 saturated heterocycles. The molecule has 2 fully saturated rings. The van der Waals surface area contributed by atoms with Crippen LogP contribution in [0.1, 0.15) is 43.2 Å². The van der Waals surface area contributed by atoms with Crippen LogP contribution in [-0.4, -0.2) is 24.5 Å². The topological polar surface area (TPSA) is 81.4 Å². The minimum absolute atomic E-state index is 0.0242. The summed E-state index contributed by atoms with van der Waals surface area (Å²) in [6, 6.07) is 13.5. The van der Waals surface area contributed by atoms with Gasteiger partial charge in [-0.05, 0) is 72.4 Å². The standard InChI is InChI=1S/C24H26Cl2N2O3/c1-12-9-18(17-8-7-16(10-19(17)26)31-11-20(27)29)23(14-3-5-15(25)6-4-14)22-13(2)28-24(30)21(12)22/h3-8,10,12-13,18,21-23H,9,11H2,1-2H3,(H2,27,29)(H,28,30)/t12-,13-,18+,21-,22-,23+/m1/s1. The van der Waals surface area contributed by atoms with E-state index in [1.807, 2.05) is 24.3 Å². The molecule has 164 valence electrons. The highest BCUT2D eigenvalue weighted by Gasteiger charge is 2.53. The molecule has 2 aromatic rings. The number of amides is 2. The quantitative estimate of drug-likeness (QED) is 0.687. The first kappa shape index (κ1) is 22.0. The van der Waals surface area contributed by atoms with E-state index in [2.05, 4.69) is 31.3 Å². The van der Waals surface area contributed by atoms with Crippen LogP contribution in [0.2, 0.25) is 10.0 Å². The summed E-state index contributed by atoms with van der Waals surface area (Å²) in [5.74, 6) is 0.709. The van der Waals surface area contributed by atoms with E-state index in [1.54, 1.807) is 6.07 Å². The van der Waals surface area contributed by atoms with Gasteiger partial charge in [-0.25, -0.2) is 0 Å². The number of benzene rings is 2. The first-order valence-electron chi connectivity index (χ1n) is 10.5. The lowest BCUT2D eigenvalue weighted by Crippen LogP contribution is -2.39. The Bertz CT molecular complexity index is 995. The maximum Gasteiger partial charge on any atom is 0.255 e. The number of hydrogen-bond donors (Lipinski definition) is 2. The number of ether oxygens (including phenoxy) is 1. The van der Waals surface area contributed by atoms with E-state index in [4.69, 9.17) is 33.7 Å². The van der Waals surface area contributed by atoms with Gasteiger partial charge < -0.3 is 15.8 Å². The van der Waals surface area contributed by atoms with Gasteiger partial charge in [0.05, 0.1) is 0 Å². The summed E-state index contributed by atoms with van der Waals surface area (Å²) < 4.78 is 5.41. The monoisotopic (exact) mass is 460 g/mol. The zero-order chi connectivity index (χ0) is 22.3. The Hall–Kier alpha value is -2.24. The van der Waals surface area contributed by atoms with Crippen molar-refractivity contribution in [2.24, 2.45) is 23.5 Å². The van der Waals surface area contributed by atoms with Gasteiger partial charge in [0, 0.05) is 22.0 Å². The lowest BCUT2D eigenvalue weighted by atomic mass is 9.58. The lowest BCUT2D eigenvalue weighted by molar-refractivity contribution is -0.125. The molecule has 31 heavy (non-hydrogen) atoms. The van der Waals surface area contributed by atoms with Gasteiger partial charge in [-0.1, -0.05) is 48.3 Å². The van der Waals surface area contributed by atoms with Crippen molar-refractivity contribution in [1.29, 1.82) is 0 Å². The molecular weight excluding hydrogens is 435 g/mol. The largest absolute Gasteiger partial charge is 0.484 e. The van der Waals surface area contributed by atoms with Crippen LogP contribution in [0.5, 0.6) is 5.75 Å². The molecule has 0 radical (unpaired) electrons. The minimum atomic E-state index is -0.539. The van der Waals surface area contributed by atoms with Crippen molar-refractivity contribution in [3.8, 4) is 5.75 Å². The van der Waals surface area contributed by atoms with Crippen molar-refractivity contribution in [3.63, 3.8) is 0 Å². The normalized spacial score (nSPS) is 29.9. The summed E-state index contributed by atoms with van der Waals surface area (Å²) in [7, 11) is 0. The second-order valence-corrected chi connectivity index (χ2v) is 9.58. The number of halogens is 2. The smallest absolute Gasteiger partial charge is 0.255 e. The fourth-order valence-corrected chi connectivity index (χ4v) is 5.99. The molecule has 0 spiro atoms. The predicted octanol–water partition coefficient (Wildman–Crippen LogP) is 4.52. The second kappa shape index (κ2) is 8.71. The molecule has 0 unspecified atom stereocenters. The van der Waals surface area contributed by atoms with Gasteiger partial charge in [0.15, 0.2) is 6.61 Å². The van der Waals surface area contributed by atoms with E-state index in [-0.39, 0.29) is 48.1 Å². The number of fused-ring (bicyclic) bond motifs is 1. The molecule has 0 bridgehead atoms. The highest BCUT2D eigenvalue weighted by molar-refractivity contribution is 6.31. The molecular formula is C24H26Cl2N2O3. The summed E-state index contributed by atoms with van der Waals surface area (Å²) in [5.41, 5.74) is 7.34. The summed E-state index contributed by atoms with van der Waals surface area (Å²) >= 11 is 12.9. The van der Waals surface area contributed by atoms with Crippen molar-refractivity contribution in [2.75, 3.05) is 6.61 Å². The lowest BCUT2D eigenvalue weighted by Gasteiger charge is -2.44. The first-order chi connectivity index (χ1) is 14.8. The molecule has 1 aliphatic heterocycles. The van der Waals surface area contributed by atoms with Crippen LogP contribution in [0.25, 0.3) is 0 Å². The number of rotatable bonds is 5. The summed E-state index contributed by atoms with van der Waals surface area (Å²) in [4.78, 5) is 23.7. The molecule has 1 aliphatic carbocycles. The van der Waals surface area contributed by atoms with E-state index < -0.39 is 5.91 Å². The van der Waals surface area contributed by atoms with Crippen LogP contribution >= 0.6 is 23.2 Å². The van der Waals surface area contributed by atoms with Gasteiger partial charge in [-0.3, -0.25) is 9.59 Å². The van der Waals surface area contributed by atoms with E-state index >= 15 is 0 Å². The number of hydrogen-bond acceptors (Lipinski definition) is 3. The molecule has 1 heterocycles. The van der Waals surface area contributed by atoms with Gasteiger partial charge in [0.25, 0.3) is 5.91 Å². The molecule has 0 aromatic heterocycles. The number of carbonyl (C=O) groups is 2. The number of primary amides is 1. The third kappa shape index (κ3) is 4.26. The zero-order valence-electron chi connectivity index (χ0n) is 17.5. The maximum atomic E-state index is 12.7. The van der Waals surface area contributed by atoms with Gasteiger partial charge in [-0.15, -0.1) is 0 Å². The van der Waals surface area contributed by atoms with Crippen LogP contribution < -0.4 is 15.8 Å². The first-order valence-corrected chi connectivity index (χ1v) is 11.3. The van der Waals surface area contributed by atoms with E-state index in [0.717, 1.165) is 17.5 Å². The van der Waals surface area contributed by atoms with Crippen molar-refractivity contribution >= 4 is 35.0 Å². The van der Waals surface area contributed by atoms with Crippen LogP contribution in [0.4, 0.5) is 0 Å². The zero-order valence-corrected chi connectivity index (χ0v) is 19.0. The molecule has 1 saturated carbocycles. The second-order valence-electron chi connectivity index (χ2n) is 8.74. The van der Waals surface area contributed by atoms with Crippen molar-refractivity contribution < 1.29 is 14.3 Å². The molecule has 4 rings (SSSR count). The molecule has 2 amide bonds. The van der Waals surface area contributed by atoms with E-state index in [1.165, 1.54) is 0 Å². The van der Waals surface area contributed by atoms with E-state index in [0.29, 0.717) is 15.8 Å². The molecule has 5 nitrogen and oxygen atoms in total. The molecule has 2 aromatic carbocycles. The number of carbonyl (C=O) groups excluding carboxylic acids is 2. The van der Waals surface area contributed by atoms with Gasteiger partial charge in [-0.2, -0.15) is 0 Å². The minimum Gasteiger partial charge on any atom is -0.484 e. The number of nitrogens with one attached hydrogen (secondary N) is 1. The van der Waals surface area contributed by atoms with Crippen LogP contribution in [-0.2, 0) is 9.59 Å².